The van der Waals surface area contributed by atoms with Crippen molar-refractivity contribution < 1.29 is 22.4 Å². The minimum absolute atomic E-state index is 0.00450. The van der Waals surface area contributed by atoms with E-state index in [1.165, 1.54) is 0 Å². The fourth-order valence-electron chi connectivity index (χ4n) is 2.01. The Balaban J connectivity index is 2.25. The zero-order valence-corrected chi connectivity index (χ0v) is 15.3. The highest BCUT2D eigenvalue weighted by atomic mass is 32.2. The fraction of sp³-hybridized carbons (Fsp3) is 0.438. The smallest absolute Gasteiger partial charge is 0.408 e. The van der Waals surface area contributed by atoms with Gasteiger partial charge in [-0.2, -0.15) is 0 Å². The van der Waals surface area contributed by atoms with Crippen LogP contribution in [0.15, 0.2) is 40.0 Å². The van der Waals surface area contributed by atoms with Gasteiger partial charge in [0.15, 0.2) is 0 Å². The highest BCUT2D eigenvalue weighted by Gasteiger charge is 2.26. The van der Waals surface area contributed by atoms with Crippen LogP contribution in [-0.4, -0.2) is 36.6 Å². The van der Waals surface area contributed by atoms with E-state index in [4.69, 9.17) is 9.15 Å². The quantitative estimate of drug-likeness (QED) is 0.863. The molecule has 8 nitrogen and oxygen atoms in total. The van der Waals surface area contributed by atoms with Gasteiger partial charge in [0.1, 0.15) is 11.6 Å². The third kappa shape index (κ3) is 5.86. The predicted octanol–water partition coefficient (Wildman–Crippen LogP) is 2.28. The maximum absolute atomic E-state index is 12.1. The molecule has 0 aliphatic carbocycles. The summed E-state index contributed by atoms with van der Waals surface area (Å²) < 4.78 is 33.5. The first-order valence-corrected chi connectivity index (χ1v) is 9.50. The van der Waals surface area contributed by atoms with Crippen molar-refractivity contribution in [3.05, 3.63) is 41.8 Å². The fourth-order valence-corrected chi connectivity index (χ4v) is 2.44. The molecule has 0 saturated heterocycles. The van der Waals surface area contributed by atoms with Crippen molar-refractivity contribution in [3.8, 4) is 0 Å². The van der Waals surface area contributed by atoms with E-state index in [1.54, 1.807) is 20.8 Å². The van der Waals surface area contributed by atoms with Gasteiger partial charge < -0.3 is 14.5 Å². The topological polar surface area (TPSA) is 111 Å². The minimum Gasteiger partial charge on any atom is -0.444 e. The lowest BCUT2D eigenvalue weighted by Crippen LogP contribution is -2.36. The number of benzene rings is 1. The van der Waals surface area contributed by atoms with Gasteiger partial charge in [-0.1, -0.05) is 35.4 Å². The van der Waals surface area contributed by atoms with Gasteiger partial charge in [0, 0.05) is 12.7 Å². The van der Waals surface area contributed by atoms with Gasteiger partial charge in [-0.05, 0) is 26.3 Å². The molecule has 1 amide bonds. The van der Waals surface area contributed by atoms with Crippen LogP contribution in [0.25, 0.3) is 0 Å². The van der Waals surface area contributed by atoms with Crippen molar-refractivity contribution in [2.75, 3.05) is 6.26 Å². The Morgan fingerprint density at radius 1 is 1.24 bits per heavy atom. The number of hydrogen-bond acceptors (Lipinski definition) is 7. The number of hydrogen-bond donors (Lipinski definition) is 1. The summed E-state index contributed by atoms with van der Waals surface area (Å²) in [6.45, 7) is 5.23. The molecule has 0 saturated carbocycles. The van der Waals surface area contributed by atoms with Crippen LogP contribution in [0, 0.1) is 0 Å². The lowest BCUT2D eigenvalue weighted by molar-refractivity contribution is 0.0494. The monoisotopic (exact) mass is 367 g/mol. The molecule has 2 aromatic rings. The molecule has 0 aliphatic heterocycles. The van der Waals surface area contributed by atoms with Crippen LogP contribution in [-0.2, 0) is 21.0 Å². The molecule has 1 unspecified atom stereocenters. The maximum atomic E-state index is 12.1. The summed E-state index contributed by atoms with van der Waals surface area (Å²) in [4.78, 5) is 12.1. The molecule has 0 radical (unpaired) electrons. The van der Waals surface area contributed by atoms with E-state index < -0.39 is 32.8 Å². The number of aromatic nitrogens is 2. The van der Waals surface area contributed by atoms with Crippen LogP contribution in [0.5, 0.6) is 0 Å². The molecule has 2 rings (SSSR count). The van der Waals surface area contributed by atoms with Crippen molar-refractivity contribution in [2.45, 2.75) is 44.1 Å². The van der Waals surface area contributed by atoms with E-state index in [0.29, 0.717) is 6.42 Å². The van der Waals surface area contributed by atoms with Crippen LogP contribution in [0.4, 0.5) is 4.79 Å². The first kappa shape index (κ1) is 18.9. The summed E-state index contributed by atoms with van der Waals surface area (Å²) >= 11 is 0. The lowest BCUT2D eigenvalue weighted by Gasteiger charge is -2.22. The average molecular weight is 367 g/mol. The van der Waals surface area contributed by atoms with Gasteiger partial charge in [0.2, 0.25) is 15.7 Å². The minimum atomic E-state index is -3.63. The second kappa shape index (κ2) is 7.22. The zero-order chi connectivity index (χ0) is 18.7. The molecule has 0 bridgehead atoms. The van der Waals surface area contributed by atoms with Crippen molar-refractivity contribution in [1.82, 2.24) is 15.5 Å². The number of nitrogens with one attached hydrogen (secondary N) is 1. The third-order valence-corrected chi connectivity index (χ3v) is 3.81. The summed E-state index contributed by atoms with van der Waals surface area (Å²) in [5.41, 5.74) is 0.233. The van der Waals surface area contributed by atoms with Gasteiger partial charge >= 0.3 is 11.3 Å². The number of nitrogens with zero attached hydrogens (tertiary/aromatic N) is 2. The zero-order valence-electron chi connectivity index (χ0n) is 14.5. The number of ether oxygens (including phenoxy) is 1. The molecular weight excluding hydrogens is 346 g/mol. The molecule has 0 aliphatic rings. The summed E-state index contributed by atoms with van der Waals surface area (Å²) in [7, 11) is -3.63. The predicted molar refractivity (Wildman–Crippen MR) is 89.7 cm³/mol. The normalized spacial score (nSPS) is 13.3. The molecule has 0 spiro atoms. The Morgan fingerprint density at radius 3 is 2.40 bits per heavy atom. The SMILES string of the molecule is CC(C)(C)OC(=O)NC(Cc1ccccc1)c1nnc(S(C)(=O)=O)o1. The maximum Gasteiger partial charge on any atom is 0.408 e. The van der Waals surface area contributed by atoms with E-state index >= 15 is 0 Å². The van der Waals surface area contributed by atoms with Crippen molar-refractivity contribution in [1.29, 1.82) is 0 Å². The Kier molecular flexibility index (Phi) is 5.46. The Hall–Kier alpha value is -2.42. The number of rotatable bonds is 5. The Labute approximate surface area is 146 Å². The molecule has 0 fully saturated rings. The van der Waals surface area contributed by atoms with E-state index in [2.05, 4.69) is 15.5 Å². The van der Waals surface area contributed by atoms with Gasteiger partial charge in [-0.25, -0.2) is 13.2 Å². The Morgan fingerprint density at radius 2 is 1.88 bits per heavy atom. The van der Waals surface area contributed by atoms with E-state index in [0.717, 1.165) is 11.8 Å². The molecule has 1 heterocycles. The number of sulfone groups is 1. The van der Waals surface area contributed by atoms with Crippen LogP contribution in [0.3, 0.4) is 0 Å². The number of alkyl carbamates (subject to hydrolysis) is 1. The standard InChI is InChI=1S/C16H21N3O5S/c1-16(2,3)24-14(20)17-12(10-11-8-6-5-7-9-11)13-18-19-15(23-13)25(4,21)22/h5-9,12H,10H2,1-4H3,(H,17,20). The molecule has 1 aromatic carbocycles. The number of carbonyl (C=O) groups excluding carboxylic acids is 1. The lowest BCUT2D eigenvalue weighted by atomic mass is 10.1. The van der Waals surface area contributed by atoms with Crippen LogP contribution in [0.2, 0.25) is 0 Å². The highest BCUT2D eigenvalue weighted by Crippen LogP contribution is 2.20. The van der Waals surface area contributed by atoms with Crippen molar-refractivity contribution >= 4 is 15.9 Å². The van der Waals surface area contributed by atoms with E-state index in [-0.39, 0.29) is 5.89 Å². The summed E-state index contributed by atoms with van der Waals surface area (Å²) in [6.07, 6.45) is 0.649. The summed E-state index contributed by atoms with van der Waals surface area (Å²) in [5, 5.41) is 9.45. The van der Waals surface area contributed by atoms with Gasteiger partial charge in [0.25, 0.3) is 0 Å². The second-order valence-corrected chi connectivity index (χ2v) is 8.46. The number of amides is 1. The molecule has 136 valence electrons. The van der Waals surface area contributed by atoms with Gasteiger partial charge in [-0.15, -0.1) is 5.10 Å². The third-order valence-electron chi connectivity index (χ3n) is 3.01. The van der Waals surface area contributed by atoms with Crippen LogP contribution in [0.1, 0.15) is 38.3 Å². The van der Waals surface area contributed by atoms with Crippen molar-refractivity contribution in [3.63, 3.8) is 0 Å². The van der Waals surface area contributed by atoms with Gasteiger partial charge in [-0.3, -0.25) is 0 Å². The Bertz CT molecular complexity index is 825. The summed E-state index contributed by atoms with van der Waals surface area (Å²) in [5.74, 6) is -0.00450. The van der Waals surface area contributed by atoms with E-state index in [1.807, 2.05) is 30.3 Å². The first-order valence-electron chi connectivity index (χ1n) is 7.61. The van der Waals surface area contributed by atoms with Gasteiger partial charge in [0.05, 0.1) is 0 Å². The largest absolute Gasteiger partial charge is 0.444 e. The van der Waals surface area contributed by atoms with Crippen molar-refractivity contribution in [2.24, 2.45) is 0 Å². The van der Waals surface area contributed by atoms with E-state index in [9.17, 15) is 13.2 Å². The number of carbonyl (C=O) groups is 1. The van der Waals surface area contributed by atoms with Crippen LogP contribution < -0.4 is 5.32 Å². The first-order chi connectivity index (χ1) is 11.5. The molecule has 1 aromatic heterocycles. The second-order valence-electron chi connectivity index (χ2n) is 6.57. The molecule has 1 atom stereocenters. The summed E-state index contributed by atoms with van der Waals surface area (Å²) in [6, 6.07) is 8.61. The molecule has 9 heteroatoms. The molecular formula is C16H21N3O5S. The molecule has 1 N–H and O–H groups in total. The molecule has 25 heavy (non-hydrogen) atoms. The highest BCUT2D eigenvalue weighted by molar-refractivity contribution is 7.90. The van der Waals surface area contributed by atoms with Crippen LogP contribution >= 0.6 is 0 Å². The average Bonchev–Trinajstić information content (AvgIpc) is 2.95.